The first kappa shape index (κ1) is 17.1. The number of ether oxygens (including phenoxy) is 1. The molecule has 1 aromatic carbocycles. The van der Waals surface area contributed by atoms with E-state index in [1.54, 1.807) is 42.7 Å². The smallest absolute Gasteiger partial charge is 0.330 e. The van der Waals surface area contributed by atoms with Crippen LogP contribution in [0, 0.1) is 11.3 Å². The lowest BCUT2D eigenvalue weighted by atomic mass is 10.1. The van der Waals surface area contributed by atoms with E-state index in [2.05, 4.69) is 0 Å². The van der Waals surface area contributed by atoms with Gasteiger partial charge in [-0.25, -0.2) is 4.79 Å². The van der Waals surface area contributed by atoms with E-state index in [1.165, 1.54) is 23.6 Å². The van der Waals surface area contributed by atoms with Gasteiger partial charge in [-0.2, -0.15) is 5.26 Å². The molecule has 0 bridgehead atoms. The number of furan rings is 1. The van der Waals surface area contributed by atoms with E-state index in [9.17, 15) is 9.59 Å². The molecular weight excluding hydrogens is 340 g/mol. The lowest BCUT2D eigenvalue weighted by molar-refractivity contribution is -0.154. The molecule has 0 unspecified atom stereocenters. The molecular formula is C18H16N2O4S. The summed E-state index contributed by atoms with van der Waals surface area (Å²) in [5.74, 6) is 0.415. The fourth-order valence-corrected chi connectivity index (χ4v) is 4.12. The van der Waals surface area contributed by atoms with Crippen LogP contribution in [0.5, 0.6) is 0 Å². The molecule has 0 radical (unpaired) electrons. The summed E-state index contributed by atoms with van der Waals surface area (Å²) in [7, 11) is 0. The number of nitriles is 1. The lowest BCUT2D eigenvalue weighted by Crippen LogP contribution is -2.42. The summed E-state index contributed by atoms with van der Waals surface area (Å²) in [5.41, 5.74) is 1.24. The molecule has 25 heavy (non-hydrogen) atoms. The third-order valence-corrected chi connectivity index (χ3v) is 5.14. The third-order valence-electron chi connectivity index (χ3n) is 3.86. The van der Waals surface area contributed by atoms with Gasteiger partial charge in [0.25, 0.3) is 0 Å². The Morgan fingerprint density at radius 2 is 2.24 bits per heavy atom. The molecule has 1 fully saturated rings. The highest BCUT2D eigenvalue weighted by Crippen LogP contribution is 2.41. The van der Waals surface area contributed by atoms with Gasteiger partial charge in [0.2, 0.25) is 5.91 Å². The van der Waals surface area contributed by atoms with Crippen LogP contribution in [-0.2, 0) is 20.9 Å². The first-order valence-corrected chi connectivity index (χ1v) is 8.74. The van der Waals surface area contributed by atoms with Crippen molar-refractivity contribution in [2.24, 2.45) is 0 Å². The summed E-state index contributed by atoms with van der Waals surface area (Å²) in [6, 6.07) is 11.8. The van der Waals surface area contributed by atoms with Gasteiger partial charge >= 0.3 is 5.97 Å². The molecule has 1 saturated heterocycles. The monoisotopic (exact) mass is 356 g/mol. The van der Waals surface area contributed by atoms with Crippen molar-refractivity contribution in [3.63, 3.8) is 0 Å². The van der Waals surface area contributed by atoms with Gasteiger partial charge in [0, 0.05) is 12.7 Å². The number of nitrogens with zero attached hydrogens (tertiary/aromatic N) is 2. The van der Waals surface area contributed by atoms with E-state index in [0.29, 0.717) is 17.1 Å². The number of thioether (sulfide) groups is 1. The Kier molecular flexibility index (Phi) is 5.10. The van der Waals surface area contributed by atoms with Gasteiger partial charge in [-0.3, -0.25) is 4.79 Å². The van der Waals surface area contributed by atoms with Gasteiger partial charge in [0.1, 0.15) is 23.8 Å². The summed E-state index contributed by atoms with van der Waals surface area (Å²) in [5, 5.41) is 8.59. The molecule has 1 aromatic heterocycles. The van der Waals surface area contributed by atoms with Crippen molar-refractivity contribution in [2.75, 3.05) is 5.75 Å². The maximum atomic E-state index is 12.5. The van der Waals surface area contributed by atoms with Crippen molar-refractivity contribution >= 4 is 23.6 Å². The zero-order valence-electron chi connectivity index (χ0n) is 13.5. The van der Waals surface area contributed by atoms with Crippen molar-refractivity contribution in [2.45, 2.75) is 24.9 Å². The minimum Gasteiger partial charge on any atom is -0.466 e. The van der Waals surface area contributed by atoms with E-state index >= 15 is 0 Å². The summed E-state index contributed by atoms with van der Waals surface area (Å²) in [6.45, 7) is 1.49. The molecule has 2 heterocycles. The van der Waals surface area contributed by atoms with Gasteiger partial charge in [0.05, 0.1) is 17.9 Å². The average molecular weight is 356 g/mol. The van der Waals surface area contributed by atoms with E-state index in [1.807, 2.05) is 6.07 Å². The quantitative estimate of drug-likeness (QED) is 0.783. The maximum absolute atomic E-state index is 12.5. The van der Waals surface area contributed by atoms with E-state index in [-0.39, 0.29) is 17.9 Å². The van der Waals surface area contributed by atoms with Crippen molar-refractivity contribution in [3.8, 4) is 6.07 Å². The van der Waals surface area contributed by atoms with Crippen molar-refractivity contribution in [3.05, 3.63) is 59.5 Å². The van der Waals surface area contributed by atoms with Gasteiger partial charge in [-0.15, -0.1) is 11.8 Å². The third kappa shape index (κ3) is 3.69. The molecule has 3 rings (SSSR count). The highest BCUT2D eigenvalue weighted by Gasteiger charge is 2.43. The van der Waals surface area contributed by atoms with Crippen LogP contribution in [-0.4, -0.2) is 28.6 Å². The molecule has 1 aliphatic rings. The highest BCUT2D eigenvalue weighted by atomic mass is 32.2. The Morgan fingerprint density at radius 3 is 2.92 bits per heavy atom. The van der Waals surface area contributed by atoms with Crippen molar-refractivity contribution in [1.82, 2.24) is 4.90 Å². The zero-order valence-corrected chi connectivity index (χ0v) is 14.4. The molecule has 0 aliphatic carbocycles. The molecule has 2 aromatic rings. The number of hydrogen-bond acceptors (Lipinski definition) is 6. The van der Waals surface area contributed by atoms with Crippen LogP contribution >= 0.6 is 11.8 Å². The van der Waals surface area contributed by atoms with Gasteiger partial charge in [-0.05, 0) is 29.8 Å². The normalized spacial score (nSPS) is 19.4. The van der Waals surface area contributed by atoms with Crippen LogP contribution < -0.4 is 0 Å². The summed E-state index contributed by atoms with van der Waals surface area (Å²) >= 11 is 1.47. The number of carbonyl (C=O) groups excluding carboxylic acids is 2. The zero-order chi connectivity index (χ0) is 17.8. The largest absolute Gasteiger partial charge is 0.466 e. The van der Waals surface area contributed by atoms with E-state index in [0.717, 1.165) is 5.56 Å². The fraction of sp³-hybridized carbons (Fsp3) is 0.278. The van der Waals surface area contributed by atoms with Crippen LogP contribution in [0.3, 0.4) is 0 Å². The fourth-order valence-electron chi connectivity index (χ4n) is 2.70. The van der Waals surface area contributed by atoms with Crippen LogP contribution in [0.25, 0.3) is 0 Å². The Labute approximate surface area is 149 Å². The minimum absolute atomic E-state index is 0.0622. The highest BCUT2D eigenvalue weighted by molar-refractivity contribution is 7.99. The summed E-state index contributed by atoms with van der Waals surface area (Å²) in [4.78, 5) is 26.0. The Bertz CT molecular complexity index is 813. The minimum atomic E-state index is -0.656. The predicted molar refractivity (Wildman–Crippen MR) is 91.2 cm³/mol. The average Bonchev–Trinajstić information content (AvgIpc) is 3.28. The maximum Gasteiger partial charge on any atom is 0.330 e. The van der Waals surface area contributed by atoms with Crippen molar-refractivity contribution in [1.29, 1.82) is 5.26 Å². The van der Waals surface area contributed by atoms with Crippen molar-refractivity contribution < 1.29 is 18.7 Å². The molecule has 6 nitrogen and oxygen atoms in total. The molecule has 1 amide bonds. The first-order valence-electron chi connectivity index (χ1n) is 7.69. The molecule has 7 heteroatoms. The number of benzene rings is 1. The Balaban J connectivity index is 1.68. The predicted octanol–water partition coefficient (Wildman–Crippen LogP) is 2.86. The Morgan fingerprint density at radius 1 is 1.40 bits per heavy atom. The SMILES string of the molecule is CC(=O)N1[C@@H](C(=O)OCc2cccc(C#N)c2)CS[C@H]1c1ccco1. The van der Waals surface area contributed by atoms with E-state index in [4.69, 9.17) is 14.4 Å². The topological polar surface area (TPSA) is 83.5 Å². The number of carbonyl (C=O) groups is 2. The van der Waals surface area contributed by atoms with Crippen LogP contribution in [0.15, 0.2) is 47.1 Å². The second kappa shape index (κ2) is 7.45. The first-order chi connectivity index (χ1) is 12.1. The second-order valence-corrected chi connectivity index (χ2v) is 6.68. The molecule has 128 valence electrons. The second-order valence-electron chi connectivity index (χ2n) is 5.56. The number of amides is 1. The van der Waals surface area contributed by atoms with Crippen LogP contribution in [0.4, 0.5) is 0 Å². The number of hydrogen-bond donors (Lipinski definition) is 0. The van der Waals surface area contributed by atoms with Gasteiger partial charge in [0.15, 0.2) is 0 Å². The molecule has 0 N–H and O–H groups in total. The van der Waals surface area contributed by atoms with Crippen LogP contribution in [0.1, 0.15) is 29.2 Å². The lowest BCUT2D eigenvalue weighted by Gasteiger charge is -2.25. The van der Waals surface area contributed by atoms with E-state index < -0.39 is 12.0 Å². The molecule has 1 aliphatic heterocycles. The summed E-state index contributed by atoms with van der Waals surface area (Å²) < 4.78 is 10.8. The molecule has 0 saturated carbocycles. The van der Waals surface area contributed by atoms with Crippen LogP contribution in [0.2, 0.25) is 0 Å². The summed E-state index contributed by atoms with van der Waals surface area (Å²) in [6.07, 6.45) is 1.54. The Hall–Kier alpha value is -2.72. The number of rotatable bonds is 4. The molecule has 2 atom stereocenters. The van der Waals surface area contributed by atoms with Gasteiger partial charge in [-0.1, -0.05) is 12.1 Å². The van der Waals surface area contributed by atoms with Gasteiger partial charge < -0.3 is 14.1 Å². The standard InChI is InChI=1S/C18H16N2O4S/c1-12(21)20-15(11-25-17(20)16-6-3-7-23-16)18(22)24-10-14-5-2-4-13(8-14)9-19/h2-8,15,17H,10-11H2,1H3/t15-,17+/m1/s1. The molecule has 0 spiro atoms. The number of esters is 1.